The highest BCUT2D eigenvalue weighted by molar-refractivity contribution is 7.14. The Morgan fingerprint density at radius 1 is 1.27 bits per heavy atom. The number of nitrogens with zero attached hydrogens (tertiary/aromatic N) is 1. The van der Waals surface area contributed by atoms with Gasteiger partial charge in [-0.05, 0) is 54.9 Å². The molecule has 2 aromatic rings. The van der Waals surface area contributed by atoms with Crippen molar-refractivity contribution in [2.45, 2.75) is 39.0 Å². The van der Waals surface area contributed by atoms with Crippen LogP contribution in [0.1, 0.15) is 51.0 Å². The fraction of sp³-hybridized carbons (Fsp3) is 0.333. The summed E-state index contributed by atoms with van der Waals surface area (Å²) < 4.78 is 0. The lowest BCUT2D eigenvalue weighted by Gasteiger charge is -2.08. The number of aryl methyl sites for hydroxylation is 3. The molecule has 0 aliphatic heterocycles. The predicted molar refractivity (Wildman–Crippen MR) is 91.8 cm³/mol. The van der Waals surface area contributed by atoms with Crippen LogP contribution in [0.2, 0.25) is 0 Å². The van der Waals surface area contributed by atoms with Crippen LogP contribution in [0.3, 0.4) is 0 Å². The number of thiophene rings is 1. The molecule has 0 unspecified atom stereocenters. The van der Waals surface area contributed by atoms with Crippen molar-refractivity contribution in [1.82, 2.24) is 5.43 Å². The molecule has 1 aliphatic carbocycles. The molecule has 3 rings (SSSR count). The number of rotatable bonds is 4. The Labute approximate surface area is 135 Å². The maximum Gasteiger partial charge on any atom is 0.281 e. The van der Waals surface area contributed by atoms with Gasteiger partial charge in [0.1, 0.15) is 0 Å². The summed E-state index contributed by atoms with van der Waals surface area (Å²) in [5.41, 5.74) is 6.26. The van der Waals surface area contributed by atoms with E-state index in [-0.39, 0.29) is 5.91 Å². The molecule has 1 N–H and O–H groups in total. The summed E-state index contributed by atoms with van der Waals surface area (Å²) in [6.07, 6.45) is 7.39. The molecule has 22 heavy (non-hydrogen) atoms. The molecule has 0 saturated heterocycles. The lowest BCUT2D eigenvalue weighted by Crippen LogP contribution is -2.16. The quantitative estimate of drug-likeness (QED) is 0.674. The zero-order chi connectivity index (χ0) is 15.4. The monoisotopic (exact) mass is 312 g/mol. The minimum atomic E-state index is -0.110. The number of hydrogen-bond donors (Lipinski definition) is 1. The largest absolute Gasteiger partial charge is 0.281 e. The number of carbonyl (C=O) groups is 1. The second-order valence-corrected chi connectivity index (χ2v) is 6.70. The van der Waals surface area contributed by atoms with Crippen LogP contribution in [0.5, 0.6) is 0 Å². The average molecular weight is 312 g/mol. The van der Waals surface area contributed by atoms with Crippen LogP contribution in [0, 0.1) is 0 Å². The van der Waals surface area contributed by atoms with Crippen LogP contribution in [0.4, 0.5) is 0 Å². The molecule has 114 valence electrons. The van der Waals surface area contributed by atoms with Gasteiger partial charge in [0.2, 0.25) is 0 Å². The highest BCUT2D eigenvalue weighted by Crippen LogP contribution is 2.29. The Kier molecular flexibility index (Phi) is 4.68. The zero-order valence-electron chi connectivity index (χ0n) is 12.8. The Morgan fingerprint density at radius 2 is 2.05 bits per heavy atom. The van der Waals surface area contributed by atoms with Gasteiger partial charge in [-0.1, -0.05) is 31.2 Å². The molecule has 0 saturated carbocycles. The maximum absolute atomic E-state index is 12.1. The van der Waals surface area contributed by atoms with Gasteiger partial charge in [0.25, 0.3) is 5.91 Å². The van der Waals surface area contributed by atoms with Gasteiger partial charge in [-0.2, -0.15) is 5.10 Å². The number of fused-ring (bicyclic) bond motifs is 1. The van der Waals surface area contributed by atoms with Crippen molar-refractivity contribution < 1.29 is 4.79 Å². The first-order valence-corrected chi connectivity index (χ1v) is 8.62. The van der Waals surface area contributed by atoms with Crippen molar-refractivity contribution in [1.29, 1.82) is 0 Å². The SMILES string of the molecule is CCc1ccc(C=NNC(=O)c2cc3c(s2)CCCC3)cc1. The second-order valence-electron chi connectivity index (χ2n) is 5.56. The van der Waals surface area contributed by atoms with Gasteiger partial charge in [-0.25, -0.2) is 5.43 Å². The van der Waals surface area contributed by atoms with Crippen LogP contribution in [-0.4, -0.2) is 12.1 Å². The fourth-order valence-electron chi connectivity index (χ4n) is 2.66. The smallest absolute Gasteiger partial charge is 0.266 e. The second kappa shape index (κ2) is 6.88. The van der Waals surface area contributed by atoms with Crippen molar-refractivity contribution in [3.05, 3.63) is 56.8 Å². The predicted octanol–water partition coefficient (Wildman–Crippen LogP) is 3.95. The van der Waals surface area contributed by atoms with E-state index in [4.69, 9.17) is 0 Å². The van der Waals surface area contributed by atoms with Crippen LogP contribution < -0.4 is 5.43 Å². The first kappa shape index (κ1) is 15.0. The normalized spacial score (nSPS) is 14.0. The van der Waals surface area contributed by atoms with Gasteiger partial charge in [0.15, 0.2) is 0 Å². The molecule has 0 radical (unpaired) electrons. The number of hydrogen-bond acceptors (Lipinski definition) is 3. The van der Waals surface area contributed by atoms with Crippen molar-refractivity contribution in [3.63, 3.8) is 0 Å². The first-order valence-electron chi connectivity index (χ1n) is 7.80. The van der Waals surface area contributed by atoms with Gasteiger partial charge in [0, 0.05) is 4.88 Å². The van der Waals surface area contributed by atoms with Crippen LogP contribution in [0.25, 0.3) is 0 Å². The van der Waals surface area contributed by atoms with E-state index in [0.29, 0.717) is 0 Å². The minimum absolute atomic E-state index is 0.110. The van der Waals surface area contributed by atoms with E-state index >= 15 is 0 Å². The molecule has 1 aromatic heterocycles. The van der Waals surface area contributed by atoms with E-state index in [2.05, 4.69) is 29.6 Å². The summed E-state index contributed by atoms with van der Waals surface area (Å²) in [6.45, 7) is 2.13. The van der Waals surface area contributed by atoms with E-state index in [1.807, 2.05) is 18.2 Å². The Morgan fingerprint density at radius 3 is 2.77 bits per heavy atom. The van der Waals surface area contributed by atoms with E-state index in [1.54, 1.807) is 17.6 Å². The van der Waals surface area contributed by atoms with E-state index in [9.17, 15) is 4.79 Å². The summed E-state index contributed by atoms with van der Waals surface area (Å²) >= 11 is 1.61. The van der Waals surface area contributed by atoms with Crippen LogP contribution in [0.15, 0.2) is 35.4 Å². The lowest BCUT2D eigenvalue weighted by molar-refractivity contribution is 0.0959. The average Bonchev–Trinajstić information content (AvgIpc) is 2.99. The summed E-state index contributed by atoms with van der Waals surface area (Å²) in [5, 5.41) is 4.06. The molecule has 1 aromatic carbocycles. The number of carbonyl (C=O) groups excluding carboxylic acids is 1. The van der Waals surface area contributed by atoms with Gasteiger partial charge < -0.3 is 0 Å². The van der Waals surface area contributed by atoms with E-state index in [1.165, 1.54) is 28.8 Å². The van der Waals surface area contributed by atoms with E-state index in [0.717, 1.165) is 29.7 Å². The molecule has 0 bridgehead atoms. The van der Waals surface area contributed by atoms with Crippen molar-refractivity contribution in [2.75, 3.05) is 0 Å². The molecule has 0 spiro atoms. The topological polar surface area (TPSA) is 41.5 Å². The van der Waals surface area contributed by atoms with Gasteiger partial charge >= 0.3 is 0 Å². The number of nitrogens with one attached hydrogen (secondary N) is 1. The molecule has 1 amide bonds. The first-order chi connectivity index (χ1) is 10.8. The molecular weight excluding hydrogens is 292 g/mol. The van der Waals surface area contributed by atoms with Gasteiger partial charge in [0.05, 0.1) is 11.1 Å². The van der Waals surface area contributed by atoms with Crippen molar-refractivity contribution in [2.24, 2.45) is 5.10 Å². The molecular formula is C18H20N2OS. The van der Waals surface area contributed by atoms with Crippen molar-refractivity contribution >= 4 is 23.5 Å². The number of hydrazone groups is 1. The highest BCUT2D eigenvalue weighted by Gasteiger charge is 2.16. The van der Waals surface area contributed by atoms with Gasteiger partial charge in [-0.3, -0.25) is 4.79 Å². The van der Waals surface area contributed by atoms with Gasteiger partial charge in [-0.15, -0.1) is 11.3 Å². The Balaban J connectivity index is 1.61. The lowest BCUT2D eigenvalue weighted by atomic mass is 9.99. The van der Waals surface area contributed by atoms with E-state index < -0.39 is 0 Å². The molecule has 0 fully saturated rings. The van der Waals surface area contributed by atoms with Crippen LogP contribution >= 0.6 is 11.3 Å². The Bertz CT molecular complexity index is 662. The highest BCUT2D eigenvalue weighted by atomic mass is 32.1. The summed E-state index contributed by atoms with van der Waals surface area (Å²) in [6, 6.07) is 10.2. The summed E-state index contributed by atoms with van der Waals surface area (Å²) in [7, 11) is 0. The standard InChI is InChI=1S/C18H20N2OS/c1-2-13-7-9-14(10-8-13)12-19-20-18(21)17-11-15-5-3-4-6-16(15)22-17/h7-12H,2-6H2,1H3,(H,20,21). The molecule has 4 heteroatoms. The van der Waals surface area contributed by atoms with Crippen LogP contribution in [-0.2, 0) is 19.3 Å². The summed E-state index contributed by atoms with van der Waals surface area (Å²) in [5.74, 6) is -0.110. The number of benzene rings is 1. The maximum atomic E-state index is 12.1. The molecule has 0 atom stereocenters. The summed E-state index contributed by atoms with van der Waals surface area (Å²) in [4.78, 5) is 14.3. The molecule has 3 nitrogen and oxygen atoms in total. The third kappa shape index (κ3) is 3.45. The Hall–Kier alpha value is -1.94. The molecule has 1 heterocycles. The zero-order valence-corrected chi connectivity index (χ0v) is 13.6. The third-order valence-corrected chi connectivity index (χ3v) is 5.22. The minimum Gasteiger partial charge on any atom is -0.266 e. The molecule has 1 aliphatic rings. The third-order valence-electron chi connectivity index (χ3n) is 3.99. The van der Waals surface area contributed by atoms with Crippen molar-refractivity contribution in [3.8, 4) is 0 Å². The number of amides is 1. The fourth-order valence-corrected chi connectivity index (χ4v) is 3.81.